The highest BCUT2D eigenvalue weighted by atomic mass is 16.3. The first-order valence-electron chi connectivity index (χ1n) is 8.81. The molecule has 0 unspecified atom stereocenters. The molecule has 4 rings (SSSR count). The first-order valence-corrected chi connectivity index (χ1v) is 8.81. The Hall–Kier alpha value is -3.47. The van der Waals surface area contributed by atoms with E-state index in [2.05, 4.69) is 31.4 Å². The van der Waals surface area contributed by atoms with E-state index < -0.39 is 0 Å². The topological polar surface area (TPSA) is 104 Å². The fourth-order valence-corrected chi connectivity index (χ4v) is 3.73. The molecular formula is C19H19N7O. The molecule has 27 heavy (non-hydrogen) atoms. The van der Waals surface area contributed by atoms with E-state index in [9.17, 15) is 10.4 Å². The smallest absolute Gasteiger partial charge is 0.231 e. The molecule has 1 aromatic carbocycles. The molecule has 8 heteroatoms. The van der Waals surface area contributed by atoms with Crippen LogP contribution in [0.1, 0.15) is 30.1 Å². The van der Waals surface area contributed by atoms with Gasteiger partial charge in [0.2, 0.25) is 5.88 Å². The van der Waals surface area contributed by atoms with E-state index in [1.54, 1.807) is 18.6 Å². The molecule has 0 radical (unpaired) electrons. The van der Waals surface area contributed by atoms with Crippen molar-refractivity contribution in [2.45, 2.75) is 18.8 Å². The van der Waals surface area contributed by atoms with Gasteiger partial charge in [-0.2, -0.15) is 10.4 Å². The molecule has 0 amide bonds. The highest BCUT2D eigenvalue weighted by Crippen LogP contribution is 2.37. The highest BCUT2D eigenvalue weighted by molar-refractivity contribution is 5.83. The number of aromatic nitrogens is 5. The Bertz CT molecular complexity index is 999. The molecule has 1 aliphatic rings. The fourth-order valence-electron chi connectivity index (χ4n) is 3.73. The van der Waals surface area contributed by atoms with Crippen molar-refractivity contribution in [2.24, 2.45) is 7.05 Å². The van der Waals surface area contributed by atoms with Gasteiger partial charge in [0.1, 0.15) is 18.2 Å². The van der Waals surface area contributed by atoms with E-state index in [0.717, 1.165) is 48.6 Å². The number of anilines is 1. The van der Waals surface area contributed by atoms with Gasteiger partial charge in [-0.25, -0.2) is 0 Å². The SMILES string of the molecule is Cn1cnnc1C1CCN(c2c(C#N)cccc2-c2cnnc(O)c2)CC1. The summed E-state index contributed by atoms with van der Waals surface area (Å²) in [5.74, 6) is 1.23. The van der Waals surface area contributed by atoms with E-state index in [0.29, 0.717) is 11.5 Å². The van der Waals surface area contributed by atoms with Crippen molar-refractivity contribution in [2.75, 3.05) is 18.0 Å². The summed E-state index contributed by atoms with van der Waals surface area (Å²) >= 11 is 0. The quantitative estimate of drug-likeness (QED) is 0.763. The van der Waals surface area contributed by atoms with Gasteiger partial charge in [0.25, 0.3) is 0 Å². The van der Waals surface area contributed by atoms with Crippen LogP contribution in [0.15, 0.2) is 36.8 Å². The summed E-state index contributed by atoms with van der Waals surface area (Å²) in [6.45, 7) is 1.63. The van der Waals surface area contributed by atoms with Crippen LogP contribution in [-0.2, 0) is 7.05 Å². The maximum Gasteiger partial charge on any atom is 0.231 e. The molecule has 0 bridgehead atoms. The minimum absolute atomic E-state index is 0.137. The average molecular weight is 361 g/mol. The average Bonchev–Trinajstić information content (AvgIpc) is 3.13. The number of para-hydroxylation sites is 1. The predicted octanol–water partition coefficient (Wildman–Crippen LogP) is 2.23. The first-order chi connectivity index (χ1) is 13.2. The second-order valence-corrected chi connectivity index (χ2v) is 6.68. The van der Waals surface area contributed by atoms with Crippen molar-refractivity contribution in [1.82, 2.24) is 25.0 Å². The van der Waals surface area contributed by atoms with Crippen LogP contribution in [0.4, 0.5) is 5.69 Å². The third-order valence-corrected chi connectivity index (χ3v) is 5.03. The summed E-state index contributed by atoms with van der Waals surface area (Å²) in [6, 6.07) is 9.48. The van der Waals surface area contributed by atoms with Crippen LogP contribution in [0.3, 0.4) is 0 Å². The zero-order valence-corrected chi connectivity index (χ0v) is 14.9. The summed E-state index contributed by atoms with van der Waals surface area (Å²) in [5.41, 5.74) is 3.10. The lowest BCUT2D eigenvalue weighted by atomic mass is 9.93. The van der Waals surface area contributed by atoms with Gasteiger partial charge in [-0.15, -0.1) is 15.3 Å². The molecule has 1 fully saturated rings. The van der Waals surface area contributed by atoms with Crippen LogP contribution in [0.2, 0.25) is 0 Å². The molecule has 3 aromatic rings. The maximum absolute atomic E-state index is 9.70. The zero-order chi connectivity index (χ0) is 18.8. The molecular weight excluding hydrogens is 342 g/mol. The molecule has 0 spiro atoms. The Kier molecular flexibility index (Phi) is 4.42. The fraction of sp³-hybridized carbons (Fsp3) is 0.316. The number of hydrogen-bond acceptors (Lipinski definition) is 7. The lowest BCUT2D eigenvalue weighted by Gasteiger charge is -2.34. The van der Waals surface area contributed by atoms with Crippen LogP contribution in [-0.4, -0.2) is 43.2 Å². The van der Waals surface area contributed by atoms with Crippen LogP contribution in [0, 0.1) is 11.3 Å². The second kappa shape index (κ2) is 7.03. The van der Waals surface area contributed by atoms with Gasteiger partial charge in [0.05, 0.1) is 17.4 Å². The zero-order valence-electron chi connectivity index (χ0n) is 14.9. The van der Waals surface area contributed by atoms with E-state index in [1.807, 2.05) is 29.8 Å². The minimum atomic E-state index is -0.137. The van der Waals surface area contributed by atoms with Crippen LogP contribution in [0.5, 0.6) is 5.88 Å². The lowest BCUT2D eigenvalue weighted by molar-refractivity contribution is 0.445. The van der Waals surface area contributed by atoms with Crippen molar-refractivity contribution in [3.8, 4) is 23.1 Å². The predicted molar refractivity (Wildman–Crippen MR) is 99.0 cm³/mol. The number of piperidine rings is 1. The van der Waals surface area contributed by atoms with Crippen LogP contribution >= 0.6 is 0 Å². The van der Waals surface area contributed by atoms with E-state index >= 15 is 0 Å². The van der Waals surface area contributed by atoms with Crippen molar-refractivity contribution in [1.29, 1.82) is 5.26 Å². The molecule has 3 heterocycles. The van der Waals surface area contributed by atoms with Gasteiger partial charge in [0, 0.05) is 43.2 Å². The molecule has 1 saturated heterocycles. The van der Waals surface area contributed by atoms with Gasteiger partial charge in [0.15, 0.2) is 0 Å². The van der Waals surface area contributed by atoms with Gasteiger partial charge < -0.3 is 14.6 Å². The molecule has 1 aliphatic heterocycles. The van der Waals surface area contributed by atoms with Crippen molar-refractivity contribution in [3.05, 3.63) is 48.2 Å². The summed E-state index contributed by atoms with van der Waals surface area (Å²) < 4.78 is 1.97. The third kappa shape index (κ3) is 3.19. The summed E-state index contributed by atoms with van der Waals surface area (Å²) in [4.78, 5) is 2.23. The van der Waals surface area contributed by atoms with E-state index in [4.69, 9.17) is 0 Å². The normalized spacial score (nSPS) is 14.9. The van der Waals surface area contributed by atoms with Crippen LogP contribution in [0.25, 0.3) is 11.1 Å². The van der Waals surface area contributed by atoms with E-state index in [-0.39, 0.29) is 5.88 Å². The first kappa shape index (κ1) is 17.0. The van der Waals surface area contributed by atoms with E-state index in [1.165, 1.54) is 0 Å². The van der Waals surface area contributed by atoms with Crippen molar-refractivity contribution in [3.63, 3.8) is 0 Å². The number of benzene rings is 1. The summed E-state index contributed by atoms with van der Waals surface area (Å²) in [6.07, 6.45) is 5.21. The van der Waals surface area contributed by atoms with Crippen LogP contribution < -0.4 is 4.90 Å². The molecule has 0 aliphatic carbocycles. The summed E-state index contributed by atoms with van der Waals surface area (Å²) in [5, 5.41) is 35.0. The number of nitriles is 1. The molecule has 136 valence electrons. The lowest BCUT2D eigenvalue weighted by Crippen LogP contribution is -2.34. The highest BCUT2D eigenvalue weighted by Gasteiger charge is 2.26. The number of aryl methyl sites for hydroxylation is 1. The van der Waals surface area contributed by atoms with Gasteiger partial charge in [-0.3, -0.25) is 0 Å². The Balaban J connectivity index is 1.66. The van der Waals surface area contributed by atoms with Crippen molar-refractivity contribution < 1.29 is 5.11 Å². The van der Waals surface area contributed by atoms with Gasteiger partial charge >= 0.3 is 0 Å². The molecule has 8 nitrogen and oxygen atoms in total. The standard InChI is InChI=1S/C19H19N7O/c1-25-12-22-24-19(25)13-5-7-26(8-6-13)18-14(10-20)3-2-4-16(18)15-9-17(27)23-21-11-15/h2-4,9,11-13H,5-8H2,1H3,(H,23,27). The molecule has 0 atom stereocenters. The maximum atomic E-state index is 9.70. The number of rotatable bonds is 3. The van der Waals surface area contributed by atoms with Crippen molar-refractivity contribution >= 4 is 5.69 Å². The molecule has 1 N–H and O–H groups in total. The Morgan fingerprint density at radius 2 is 2.00 bits per heavy atom. The number of nitrogens with zero attached hydrogens (tertiary/aromatic N) is 7. The molecule has 0 saturated carbocycles. The van der Waals surface area contributed by atoms with Gasteiger partial charge in [-0.1, -0.05) is 12.1 Å². The summed E-state index contributed by atoms with van der Waals surface area (Å²) in [7, 11) is 1.97. The number of aromatic hydroxyl groups is 1. The Morgan fingerprint density at radius 3 is 2.67 bits per heavy atom. The second-order valence-electron chi connectivity index (χ2n) is 6.68. The third-order valence-electron chi connectivity index (χ3n) is 5.03. The Morgan fingerprint density at radius 1 is 1.19 bits per heavy atom. The Labute approximate surface area is 156 Å². The monoisotopic (exact) mass is 361 g/mol. The minimum Gasteiger partial charge on any atom is -0.492 e. The number of hydrogen-bond donors (Lipinski definition) is 1. The molecule has 2 aromatic heterocycles. The largest absolute Gasteiger partial charge is 0.492 e. The van der Waals surface area contributed by atoms with Gasteiger partial charge in [-0.05, 0) is 18.9 Å².